The molecule has 0 saturated carbocycles. The number of phenolic OH excluding ortho intramolecular Hbond substituents is 2. The molecule has 0 aliphatic carbocycles. The predicted octanol–water partition coefficient (Wildman–Crippen LogP) is 6.68. The highest BCUT2D eigenvalue weighted by atomic mass is 35.5. The maximum Gasteiger partial charge on any atom is 0.168 e. The first-order chi connectivity index (χ1) is 17.7. The number of hydrogen-bond donors (Lipinski definition) is 2. The molecule has 0 fully saturated rings. The summed E-state index contributed by atoms with van der Waals surface area (Å²) in [5.41, 5.74) is 0.930. The second-order valence-corrected chi connectivity index (χ2v) is 10.3. The Kier molecular flexibility index (Phi) is 24.7. The van der Waals surface area contributed by atoms with Gasteiger partial charge in [-0.2, -0.15) is 0 Å². The Morgan fingerprint density at radius 1 is 0.568 bits per heavy atom. The van der Waals surface area contributed by atoms with Gasteiger partial charge in [0.1, 0.15) is 18.0 Å². The lowest BCUT2D eigenvalue weighted by atomic mass is 10.0. The van der Waals surface area contributed by atoms with Crippen molar-refractivity contribution >= 4 is 0 Å². The molecule has 0 amide bonds. The van der Waals surface area contributed by atoms with E-state index in [4.69, 9.17) is 5.11 Å². The van der Waals surface area contributed by atoms with Crippen molar-refractivity contribution < 1.29 is 27.2 Å². The third-order valence-electron chi connectivity index (χ3n) is 6.92. The molecule has 0 aliphatic rings. The fourth-order valence-electron chi connectivity index (χ4n) is 4.58. The molecule has 2 rings (SSSR count). The van der Waals surface area contributed by atoms with Crippen LogP contribution < -0.4 is 17.0 Å². The van der Waals surface area contributed by atoms with Crippen LogP contribution in [0.1, 0.15) is 135 Å². The Labute approximate surface area is 235 Å². The van der Waals surface area contributed by atoms with E-state index in [0.29, 0.717) is 0 Å². The zero-order valence-corrected chi connectivity index (χ0v) is 24.7. The van der Waals surface area contributed by atoms with E-state index < -0.39 is 0 Å². The highest BCUT2D eigenvalue weighted by Gasteiger charge is 2.01. The van der Waals surface area contributed by atoms with Crippen molar-refractivity contribution in [2.75, 3.05) is 0 Å². The van der Waals surface area contributed by atoms with Crippen molar-refractivity contribution in [1.29, 1.82) is 0 Å². The molecule has 2 aromatic rings. The van der Waals surface area contributed by atoms with E-state index in [-0.39, 0.29) is 23.9 Å². The Morgan fingerprint density at radius 2 is 1.03 bits per heavy atom. The lowest BCUT2D eigenvalue weighted by Gasteiger charge is -2.04. The standard InChI is InChI=1S/C21H38N.C12H18O2.ClH/c1-2-3-4-5-6-7-8-9-10-11-12-13-14-16-19-22-20-17-15-18-21-22;1-2-3-4-5-6-10-7-8-11(13)9-12(10)14;/h15,17-18,20-21H,2-14,16,19H2,1H3;7-9,13-14H,2-6H2,1H3;1H/q+1;;/p-1. The van der Waals surface area contributed by atoms with Crippen molar-refractivity contribution in [3.63, 3.8) is 0 Å². The normalized spacial score (nSPS) is 10.4. The first-order valence-corrected chi connectivity index (χ1v) is 15.1. The van der Waals surface area contributed by atoms with E-state index in [1.165, 1.54) is 122 Å². The van der Waals surface area contributed by atoms with Gasteiger partial charge < -0.3 is 22.6 Å². The van der Waals surface area contributed by atoms with Gasteiger partial charge >= 0.3 is 0 Å². The summed E-state index contributed by atoms with van der Waals surface area (Å²) in [6.45, 7) is 5.65. The molecule has 212 valence electrons. The van der Waals surface area contributed by atoms with Crippen LogP contribution >= 0.6 is 0 Å². The van der Waals surface area contributed by atoms with Crippen LogP contribution in [0.2, 0.25) is 0 Å². The SMILES string of the molecule is CCCCCCCCCCCCCCCC[n+]1ccccc1.CCCCCCc1ccc(O)cc1O.[Cl-]. The quantitative estimate of drug-likeness (QED) is 0.147. The third kappa shape index (κ3) is 20.9. The maximum atomic E-state index is 9.49. The fraction of sp³-hybridized carbons (Fsp3) is 0.667. The molecule has 0 atom stereocenters. The van der Waals surface area contributed by atoms with Crippen molar-refractivity contribution in [3.8, 4) is 11.5 Å². The predicted molar refractivity (Wildman–Crippen MR) is 155 cm³/mol. The van der Waals surface area contributed by atoms with E-state index in [1.54, 1.807) is 12.1 Å². The average molecular weight is 534 g/mol. The number of aromatic hydroxyl groups is 2. The summed E-state index contributed by atoms with van der Waals surface area (Å²) in [7, 11) is 0. The summed E-state index contributed by atoms with van der Waals surface area (Å²) < 4.78 is 2.29. The van der Waals surface area contributed by atoms with Crippen molar-refractivity contribution in [1.82, 2.24) is 0 Å². The van der Waals surface area contributed by atoms with Crippen LogP contribution in [0.25, 0.3) is 0 Å². The minimum absolute atomic E-state index is 0. The molecule has 1 aromatic heterocycles. The van der Waals surface area contributed by atoms with Gasteiger partial charge in [-0.1, -0.05) is 122 Å². The second kappa shape index (κ2) is 25.9. The Bertz CT molecular complexity index is 738. The molecule has 0 spiro atoms. The van der Waals surface area contributed by atoms with E-state index in [9.17, 15) is 5.11 Å². The van der Waals surface area contributed by atoms with Crippen LogP contribution in [-0.4, -0.2) is 10.2 Å². The maximum absolute atomic E-state index is 9.49. The molecule has 37 heavy (non-hydrogen) atoms. The number of hydrogen-bond acceptors (Lipinski definition) is 2. The fourth-order valence-corrected chi connectivity index (χ4v) is 4.58. The monoisotopic (exact) mass is 533 g/mol. The summed E-state index contributed by atoms with van der Waals surface area (Å²) in [6.07, 6.45) is 30.1. The van der Waals surface area contributed by atoms with Crippen LogP contribution in [0, 0.1) is 0 Å². The Morgan fingerprint density at radius 3 is 1.51 bits per heavy atom. The molecular formula is C33H56ClNO2. The number of pyridine rings is 1. The van der Waals surface area contributed by atoms with Crippen LogP contribution in [0.4, 0.5) is 0 Å². The molecule has 3 nitrogen and oxygen atoms in total. The number of benzene rings is 1. The van der Waals surface area contributed by atoms with E-state index >= 15 is 0 Å². The Balaban J connectivity index is 0.000000747. The summed E-state index contributed by atoms with van der Waals surface area (Å²) in [5.74, 6) is 0.335. The molecule has 0 radical (unpaired) electrons. The van der Waals surface area contributed by atoms with Crippen LogP contribution in [-0.2, 0) is 13.0 Å². The minimum atomic E-state index is 0. The number of aromatic nitrogens is 1. The molecule has 1 aromatic carbocycles. The van der Waals surface area contributed by atoms with Crippen LogP contribution in [0.15, 0.2) is 48.8 Å². The van der Waals surface area contributed by atoms with Gasteiger partial charge in [0.2, 0.25) is 0 Å². The van der Waals surface area contributed by atoms with Gasteiger partial charge in [-0.25, -0.2) is 4.57 Å². The number of unbranched alkanes of at least 4 members (excludes halogenated alkanes) is 16. The summed E-state index contributed by atoms with van der Waals surface area (Å²) in [4.78, 5) is 0. The van der Waals surface area contributed by atoms with Gasteiger partial charge in [0.15, 0.2) is 12.4 Å². The highest BCUT2D eigenvalue weighted by molar-refractivity contribution is 5.38. The zero-order valence-electron chi connectivity index (χ0n) is 24.0. The van der Waals surface area contributed by atoms with Gasteiger partial charge in [0.05, 0.1) is 0 Å². The first-order valence-electron chi connectivity index (χ1n) is 15.1. The van der Waals surface area contributed by atoms with Gasteiger partial charge in [0, 0.05) is 24.6 Å². The molecule has 4 heteroatoms. The van der Waals surface area contributed by atoms with E-state index in [0.717, 1.165) is 18.4 Å². The molecule has 0 unspecified atom stereocenters. The number of aryl methyl sites for hydroxylation is 2. The number of phenols is 2. The first kappa shape index (κ1) is 35.3. The van der Waals surface area contributed by atoms with Crippen molar-refractivity contribution in [2.45, 2.75) is 142 Å². The lowest BCUT2D eigenvalue weighted by molar-refractivity contribution is -0.697. The molecule has 0 aliphatic heterocycles. The van der Waals surface area contributed by atoms with Gasteiger partial charge in [-0.05, 0) is 30.9 Å². The number of nitrogens with zero attached hydrogens (tertiary/aromatic N) is 1. The number of rotatable bonds is 20. The van der Waals surface area contributed by atoms with Gasteiger partial charge in [0.25, 0.3) is 0 Å². The van der Waals surface area contributed by atoms with Gasteiger partial charge in [-0.15, -0.1) is 0 Å². The summed E-state index contributed by atoms with van der Waals surface area (Å²) >= 11 is 0. The second-order valence-electron chi connectivity index (χ2n) is 10.3. The lowest BCUT2D eigenvalue weighted by Crippen LogP contribution is -3.00. The molecule has 0 saturated heterocycles. The molecular weight excluding hydrogens is 478 g/mol. The topological polar surface area (TPSA) is 44.3 Å². The molecule has 2 N–H and O–H groups in total. The van der Waals surface area contributed by atoms with Crippen molar-refractivity contribution in [3.05, 3.63) is 54.4 Å². The van der Waals surface area contributed by atoms with E-state index in [2.05, 4.69) is 49.0 Å². The molecule has 1 heterocycles. The van der Waals surface area contributed by atoms with E-state index in [1.807, 2.05) is 0 Å². The average Bonchev–Trinajstić information content (AvgIpc) is 2.89. The summed E-state index contributed by atoms with van der Waals surface area (Å²) in [6, 6.07) is 11.1. The van der Waals surface area contributed by atoms with Crippen LogP contribution in [0.3, 0.4) is 0 Å². The third-order valence-corrected chi connectivity index (χ3v) is 6.92. The molecule has 0 bridgehead atoms. The zero-order chi connectivity index (χ0) is 26.1. The van der Waals surface area contributed by atoms with Crippen molar-refractivity contribution in [2.24, 2.45) is 0 Å². The minimum Gasteiger partial charge on any atom is -1.00 e. The number of halogens is 1. The largest absolute Gasteiger partial charge is 1.00 e. The Hall–Kier alpha value is -1.74. The smallest absolute Gasteiger partial charge is 0.168 e. The summed E-state index contributed by atoms with van der Waals surface area (Å²) in [5, 5.41) is 18.6. The van der Waals surface area contributed by atoms with Crippen LogP contribution in [0.5, 0.6) is 11.5 Å². The van der Waals surface area contributed by atoms with Gasteiger partial charge in [-0.3, -0.25) is 0 Å². The highest BCUT2D eigenvalue weighted by Crippen LogP contribution is 2.24.